The number of phenolic OH excluding ortho intramolecular Hbond substituents is 1. The van der Waals surface area contributed by atoms with Gasteiger partial charge in [-0.05, 0) is 37.9 Å². The minimum atomic E-state index is 0.126. The molecule has 0 aliphatic heterocycles. The second-order valence-corrected chi connectivity index (χ2v) is 3.81. The molecule has 0 aliphatic carbocycles. The van der Waals surface area contributed by atoms with Crippen LogP contribution in [0.2, 0.25) is 5.02 Å². The first-order chi connectivity index (χ1) is 7.11. The fourth-order valence-corrected chi connectivity index (χ4v) is 1.72. The van der Waals surface area contributed by atoms with Crippen LogP contribution in [0.25, 0.3) is 0 Å². The Morgan fingerprint density at radius 3 is 2.73 bits per heavy atom. The maximum absolute atomic E-state index is 9.87. The van der Waals surface area contributed by atoms with Gasteiger partial charge >= 0.3 is 0 Å². The average Bonchev–Trinajstić information content (AvgIpc) is 2.23. The zero-order valence-electron chi connectivity index (χ0n) is 9.01. The molecule has 0 saturated heterocycles. The Labute approximate surface area is 94.8 Å². The van der Waals surface area contributed by atoms with Gasteiger partial charge in [-0.2, -0.15) is 0 Å². The number of aryl methyl sites for hydroxylation is 1. The van der Waals surface area contributed by atoms with Crippen molar-refractivity contribution in [3.8, 4) is 11.5 Å². The highest BCUT2D eigenvalue weighted by Gasteiger charge is 2.14. The largest absolute Gasteiger partial charge is 0.504 e. The molecule has 0 heterocycles. The number of benzene rings is 1. The van der Waals surface area contributed by atoms with Crippen LogP contribution in [0.3, 0.4) is 0 Å². The number of hydrogen-bond donors (Lipinski definition) is 2. The molecule has 0 radical (unpaired) electrons. The first-order valence-electron chi connectivity index (χ1n) is 4.86. The highest BCUT2D eigenvalue weighted by Crippen LogP contribution is 2.37. The Balaban J connectivity index is 3.15. The summed E-state index contributed by atoms with van der Waals surface area (Å²) in [5, 5.41) is 10.5. The van der Waals surface area contributed by atoms with Crippen LogP contribution in [0, 0.1) is 6.92 Å². The molecule has 1 rings (SSSR count). The summed E-state index contributed by atoms with van der Waals surface area (Å²) in [7, 11) is 1.52. The summed E-state index contributed by atoms with van der Waals surface area (Å²) < 4.78 is 5.06. The molecule has 15 heavy (non-hydrogen) atoms. The van der Waals surface area contributed by atoms with E-state index in [1.807, 2.05) is 6.92 Å². The van der Waals surface area contributed by atoms with Crippen molar-refractivity contribution in [2.24, 2.45) is 5.73 Å². The summed E-state index contributed by atoms with van der Waals surface area (Å²) in [4.78, 5) is 0. The van der Waals surface area contributed by atoms with Gasteiger partial charge in [0.2, 0.25) is 0 Å². The molecule has 0 spiro atoms. The summed E-state index contributed by atoms with van der Waals surface area (Å²) in [5.74, 6) is 0.588. The molecule has 0 unspecified atom stereocenters. The van der Waals surface area contributed by atoms with Gasteiger partial charge in [0, 0.05) is 5.56 Å². The first-order valence-corrected chi connectivity index (χ1v) is 5.24. The smallest absolute Gasteiger partial charge is 0.162 e. The first kappa shape index (κ1) is 12.1. The van der Waals surface area contributed by atoms with Crippen molar-refractivity contribution < 1.29 is 9.84 Å². The van der Waals surface area contributed by atoms with E-state index in [2.05, 4.69) is 0 Å². The predicted molar refractivity (Wildman–Crippen MR) is 61.8 cm³/mol. The van der Waals surface area contributed by atoms with E-state index in [1.165, 1.54) is 7.11 Å². The zero-order valence-corrected chi connectivity index (χ0v) is 9.77. The van der Waals surface area contributed by atoms with Crippen LogP contribution in [0.15, 0.2) is 6.07 Å². The molecule has 0 aliphatic rings. The number of rotatable bonds is 4. The predicted octanol–water partition coefficient (Wildman–Crippen LogP) is 2.25. The Morgan fingerprint density at radius 2 is 2.20 bits per heavy atom. The van der Waals surface area contributed by atoms with Crippen LogP contribution >= 0.6 is 11.6 Å². The molecule has 84 valence electrons. The van der Waals surface area contributed by atoms with Crippen LogP contribution in [0.4, 0.5) is 0 Å². The number of phenols is 1. The van der Waals surface area contributed by atoms with Gasteiger partial charge in [0.1, 0.15) is 0 Å². The second-order valence-electron chi connectivity index (χ2n) is 3.43. The summed E-state index contributed by atoms with van der Waals surface area (Å²) in [6.45, 7) is 2.46. The quantitative estimate of drug-likeness (QED) is 0.833. The lowest BCUT2D eigenvalue weighted by molar-refractivity contribution is 0.370. The Bertz CT molecular complexity index is 353. The van der Waals surface area contributed by atoms with Crippen molar-refractivity contribution in [2.75, 3.05) is 13.7 Å². The zero-order chi connectivity index (χ0) is 11.4. The molecule has 0 bridgehead atoms. The van der Waals surface area contributed by atoms with E-state index in [1.54, 1.807) is 6.07 Å². The number of hydrogen-bond acceptors (Lipinski definition) is 3. The van der Waals surface area contributed by atoms with E-state index in [-0.39, 0.29) is 5.75 Å². The third kappa shape index (κ3) is 2.55. The Hall–Kier alpha value is -0.930. The van der Waals surface area contributed by atoms with Gasteiger partial charge in [0.25, 0.3) is 0 Å². The molecular weight excluding hydrogens is 214 g/mol. The van der Waals surface area contributed by atoms with Gasteiger partial charge in [0.15, 0.2) is 11.5 Å². The minimum absolute atomic E-state index is 0.126. The maximum atomic E-state index is 9.87. The molecule has 0 amide bonds. The number of halogens is 1. The fraction of sp³-hybridized carbons (Fsp3) is 0.455. The Morgan fingerprint density at radius 1 is 1.53 bits per heavy atom. The number of aromatic hydroxyl groups is 1. The average molecular weight is 230 g/mol. The number of nitrogens with two attached hydrogens (primary N) is 1. The topological polar surface area (TPSA) is 55.5 Å². The molecular formula is C11H16ClNO2. The van der Waals surface area contributed by atoms with Gasteiger partial charge < -0.3 is 15.6 Å². The van der Waals surface area contributed by atoms with Gasteiger partial charge in [-0.1, -0.05) is 11.6 Å². The number of ether oxygens (including phenoxy) is 1. The fourth-order valence-electron chi connectivity index (χ4n) is 1.48. The molecule has 3 nitrogen and oxygen atoms in total. The molecule has 0 saturated carbocycles. The maximum Gasteiger partial charge on any atom is 0.162 e. The van der Waals surface area contributed by atoms with Gasteiger partial charge in [0.05, 0.1) is 12.1 Å². The minimum Gasteiger partial charge on any atom is -0.504 e. The third-order valence-corrected chi connectivity index (χ3v) is 2.86. The van der Waals surface area contributed by atoms with Gasteiger partial charge in [-0.15, -0.1) is 0 Å². The monoisotopic (exact) mass is 229 g/mol. The highest BCUT2D eigenvalue weighted by atomic mass is 35.5. The molecule has 1 aromatic carbocycles. The Kier molecular flexibility index (Phi) is 4.24. The van der Waals surface area contributed by atoms with Crippen molar-refractivity contribution in [3.63, 3.8) is 0 Å². The van der Waals surface area contributed by atoms with Crippen LogP contribution in [0.1, 0.15) is 17.5 Å². The van der Waals surface area contributed by atoms with Crippen molar-refractivity contribution in [2.45, 2.75) is 19.8 Å². The van der Waals surface area contributed by atoms with Crippen molar-refractivity contribution in [1.29, 1.82) is 0 Å². The van der Waals surface area contributed by atoms with E-state index in [0.717, 1.165) is 17.5 Å². The summed E-state index contributed by atoms with van der Waals surface area (Å²) in [6.07, 6.45) is 1.46. The molecule has 4 heteroatoms. The van der Waals surface area contributed by atoms with E-state index in [0.29, 0.717) is 23.7 Å². The van der Waals surface area contributed by atoms with Gasteiger partial charge in [-0.3, -0.25) is 0 Å². The molecule has 0 fully saturated rings. The van der Waals surface area contributed by atoms with Crippen molar-refractivity contribution >= 4 is 11.6 Å². The van der Waals surface area contributed by atoms with Crippen LogP contribution in [-0.2, 0) is 6.42 Å². The van der Waals surface area contributed by atoms with Crippen LogP contribution in [-0.4, -0.2) is 18.8 Å². The van der Waals surface area contributed by atoms with Gasteiger partial charge in [-0.25, -0.2) is 0 Å². The van der Waals surface area contributed by atoms with Crippen molar-refractivity contribution in [3.05, 3.63) is 22.2 Å². The number of methoxy groups -OCH3 is 1. The summed E-state index contributed by atoms with van der Waals surface area (Å²) in [6, 6.07) is 1.73. The van der Waals surface area contributed by atoms with E-state index in [9.17, 15) is 5.11 Å². The molecule has 3 N–H and O–H groups in total. The third-order valence-electron chi connectivity index (χ3n) is 2.33. The normalized spacial score (nSPS) is 10.4. The molecule has 0 aromatic heterocycles. The molecule has 1 aromatic rings. The van der Waals surface area contributed by atoms with Crippen molar-refractivity contribution in [1.82, 2.24) is 0 Å². The van der Waals surface area contributed by atoms with E-state index >= 15 is 0 Å². The summed E-state index contributed by atoms with van der Waals surface area (Å²) in [5.41, 5.74) is 7.05. The van der Waals surface area contributed by atoms with Crippen LogP contribution < -0.4 is 10.5 Å². The lowest BCUT2D eigenvalue weighted by atomic mass is 10.0. The van der Waals surface area contributed by atoms with E-state index < -0.39 is 0 Å². The second kappa shape index (κ2) is 5.24. The SMILES string of the molecule is COc1cc(C)c(Cl)c(CCCN)c1O. The molecule has 0 atom stereocenters. The lowest BCUT2D eigenvalue weighted by Crippen LogP contribution is -2.02. The standard InChI is InChI=1S/C11H16ClNO2/c1-7-6-9(15-2)11(14)8(10(7)12)4-3-5-13/h6,14H,3-5,13H2,1-2H3. The lowest BCUT2D eigenvalue weighted by Gasteiger charge is -2.12. The van der Waals surface area contributed by atoms with E-state index in [4.69, 9.17) is 22.1 Å². The summed E-state index contributed by atoms with van der Waals surface area (Å²) >= 11 is 6.11. The van der Waals surface area contributed by atoms with Crippen LogP contribution in [0.5, 0.6) is 11.5 Å². The highest BCUT2D eigenvalue weighted by molar-refractivity contribution is 6.32.